The molecule has 2 fully saturated rings. The lowest BCUT2D eigenvalue weighted by Gasteiger charge is -2.33. The summed E-state index contributed by atoms with van der Waals surface area (Å²) in [5.41, 5.74) is 2.34. The van der Waals surface area contributed by atoms with Gasteiger partial charge in [0.15, 0.2) is 5.16 Å². The summed E-state index contributed by atoms with van der Waals surface area (Å²) in [6.07, 6.45) is 10.3. The second-order valence-corrected chi connectivity index (χ2v) is 12.1. The van der Waals surface area contributed by atoms with E-state index in [1.165, 1.54) is 31.0 Å². The molecule has 212 valence electrons. The van der Waals surface area contributed by atoms with Gasteiger partial charge < -0.3 is 19.9 Å². The van der Waals surface area contributed by atoms with Crippen LogP contribution in [0.4, 0.5) is 10.5 Å². The van der Waals surface area contributed by atoms with Crippen LogP contribution in [-0.2, 0) is 6.54 Å². The van der Waals surface area contributed by atoms with E-state index in [1.54, 1.807) is 35.0 Å². The lowest BCUT2D eigenvalue weighted by Crippen LogP contribution is -2.41. The maximum atomic E-state index is 12.8. The summed E-state index contributed by atoms with van der Waals surface area (Å²) >= 11 is 1.74. The average Bonchev–Trinajstić information content (AvgIpc) is 3.49. The Labute approximate surface area is 240 Å². The van der Waals surface area contributed by atoms with Gasteiger partial charge in [-0.25, -0.2) is 14.8 Å². The summed E-state index contributed by atoms with van der Waals surface area (Å²) in [4.78, 5) is 41.3. The minimum atomic E-state index is -0.395. The van der Waals surface area contributed by atoms with Gasteiger partial charge in [-0.2, -0.15) is 0 Å². The first-order valence-electron chi connectivity index (χ1n) is 14.2. The first-order chi connectivity index (χ1) is 19.4. The maximum absolute atomic E-state index is 12.8. The lowest BCUT2D eigenvalue weighted by molar-refractivity contribution is 0.102. The summed E-state index contributed by atoms with van der Waals surface area (Å²) in [5.74, 6) is 0.518. The van der Waals surface area contributed by atoms with Crippen molar-refractivity contribution in [3.8, 4) is 5.88 Å². The molecule has 0 bridgehead atoms. The number of nitrogens with one attached hydrogen (secondary N) is 2. The molecule has 4 heterocycles. The second kappa shape index (κ2) is 13.3. The molecule has 2 aliphatic rings. The highest BCUT2D eigenvalue weighted by atomic mass is 32.2. The Morgan fingerprint density at radius 2 is 1.88 bits per heavy atom. The number of imidazole rings is 1. The molecule has 0 aliphatic carbocycles. The number of thioether (sulfide) groups is 1. The summed E-state index contributed by atoms with van der Waals surface area (Å²) in [7, 11) is 0. The van der Waals surface area contributed by atoms with Gasteiger partial charge in [0.25, 0.3) is 5.91 Å². The van der Waals surface area contributed by atoms with E-state index in [1.807, 2.05) is 30.5 Å². The lowest BCUT2D eigenvalue weighted by atomic mass is 9.94. The van der Waals surface area contributed by atoms with Crippen LogP contribution < -0.4 is 10.1 Å². The highest BCUT2D eigenvalue weighted by Crippen LogP contribution is 2.32. The number of carbonyl (C=O) groups excluding carboxylic acids is 2. The normalized spacial score (nSPS) is 19.2. The predicted molar refractivity (Wildman–Crippen MR) is 157 cm³/mol. The Kier molecular flexibility index (Phi) is 9.38. The molecule has 40 heavy (non-hydrogen) atoms. The van der Waals surface area contributed by atoms with E-state index in [9.17, 15) is 9.59 Å². The number of carbonyl (C=O) groups is 2. The number of likely N-dealkylation sites (tertiary alicyclic amines) is 2. The van der Waals surface area contributed by atoms with Crippen molar-refractivity contribution in [2.75, 3.05) is 25.0 Å². The predicted octanol–water partition coefficient (Wildman–Crippen LogP) is 5.82. The van der Waals surface area contributed by atoms with Crippen molar-refractivity contribution in [3.63, 3.8) is 0 Å². The van der Waals surface area contributed by atoms with Gasteiger partial charge in [-0.3, -0.25) is 9.69 Å². The van der Waals surface area contributed by atoms with Gasteiger partial charge in [0.2, 0.25) is 5.88 Å². The third kappa shape index (κ3) is 7.42. The average molecular weight is 563 g/mol. The Morgan fingerprint density at radius 1 is 1.07 bits per heavy atom. The van der Waals surface area contributed by atoms with Gasteiger partial charge in [0.05, 0.1) is 11.9 Å². The second-order valence-electron chi connectivity index (χ2n) is 10.8. The third-order valence-electron chi connectivity index (χ3n) is 7.96. The molecule has 3 aromatic rings. The van der Waals surface area contributed by atoms with E-state index in [0.717, 1.165) is 31.1 Å². The van der Waals surface area contributed by atoms with E-state index in [0.29, 0.717) is 41.6 Å². The highest BCUT2D eigenvalue weighted by Gasteiger charge is 2.28. The molecule has 2 saturated heterocycles. The van der Waals surface area contributed by atoms with Gasteiger partial charge in [-0.15, -0.1) is 0 Å². The van der Waals surface area contributed by atoms with Gasteiger partial charge >= 0.3 is 6.09 Å². The molecule has 0 saturated carbocycles. The van der Waals surface area contributed by atoms with E-state index >= 15 is 0 Å². The zero-order valence-electron chi connectivity index (χ0n) is 23.2. The number of hydrogen-bond acceptors (Lipinski definition) is 7. The number of rotatable bonds is 8. The standard InChI is InChI=1S/C30H38N6O3S/c1-21-5-3-4-16-36(21)20-23-6-8-25(9-7-23)28(37)34-26-10-11-27(33-19-26)39-30(38)35-17-12-24(13-18-35)22(2)40-29-31-14-15-32-29/h6-11,14-15,19,21-22,24H,3-5,12-13,16-18,20H2,1-2H3,(H,31,32)(H,34,37). The first kappa shape index (κ1) is 28.2. The fourth-order valence-corrected chi connectivity index (χ4v) is 6.47. The van der Waals surface area contributed by atoms with Crippen LogP contribution in [0.3, 0.4) is 0 Å². The topological polar surface area (TPSA) is 103 Å². The van der Waals surface area contributed by atoms with Crippen molar-refractivity contribution < 1.29 is 14.3 Å². The Hall–Kier alpha value is -3.37. The van der Waals surface area contributed by atoms with E-state index in [-0.39, 0.29) is 11.8 Å². The van der Waals surface area contributed by atoms with Crippen molar-refractivity contribution in [1.29, 1.82) is 0 Å². The zero-order valence-corrected chi connectivity index (χ0v) is 24.0. The molecule has 9 nitrogen and oxygen atoms in total. The summed E-state index contributed by atoms with van der Waals surface area (Å²) in [6.45, 7) is 7.84. The number of ether oxygens (including phenoxy) is 1. The summed E-state index contributed by atoms with van der Waals surface area (Å²) < 4.78 is 5.50. The molecule has 0 spiro atoms. The minimum absolute atomic E-state index is 0.202. The van der Waals surface area contributed by atoms with E-state index in [2.05, 4.69) is 39.0 Å². The van der Waals surface area contributed by atoms with Crippen molar-refractivity contribution in [3.05, 3.63) is 66.1 Å². The molecule has 2 amide bonds. The van der Waals surface area contributed by atoms with E-state index < -0.39 is 6.09 Å². The third-order valence-corrected chi connectivity index (χ3v) is 9.16. The summed E-state index contributed by atoms with van der Waals surface area (Å²) in [5, 5.41) is 4.21. The maximum Gasteiger partial charge on any atom is 0.416 e. The van der Waals surface area contributed by atoms with Gasteiger partial charge in [-0.1, -0.05) is 37.2 Å². The molecular weight excluding hydrogens is 524 g/mol. The molecule has 5 rings (SSSR count). The van der Waals surface area contributed by atoms with Crippen molar-refractivity contribution in [2.45, 2.75) is 68.9 Å². The number of benzene rings is 1. The Morgan fingerprint density at radius 3 is 2.55 bits per heavy atom. The van der Waals surface area contributed by atoms with Crippen LogP contribution in [0.15, 0.2) is 60.1 Å². The Bertz CT molecular complexity index is 1240. The minimum Gasteiger partial charge on any atom is -0.391 e. The number of piperidine rings is 2. The highest BCUT2D eigenvalue weighted by molar-refractivity contribution is 7.99. The van der Waals surface area contributed by atoms with Crippen molar-refractivity contribution in [1.82, 2.24) is 24.8 Å². The smallest absolute Gasteiger partial charge is 0.391 e. The summed E-state index contributed by atoms with van der Waals surface area (Å²) in [6, 6.07) is 11.7. The van der Waals surface area contributed by atoms with Crippen LogP contribution in [0.2, 0.25) is 0 Å². The van der Waals surface area contributed by atoms with Crippen LogP contribution in [0.5, 0.6) is 5.88 Å². The van der Waals surface area contributed by atoms with Gasteiger partial charge in [0, 0.05) is 54.9 Å². The number of amides is 2. The molecule has 1 aromatic carbocycles. The van der Waals surface area contributed by atoms with Crippen LogP contribution in [0.1, 0.15) is 61.9 Å². The number of H-pyrrole nitrogens is 1. The fourth-order valence-electron chi connectivity index (χ4n) is 5.40. The van der Waals surface area contributed by atoms with Crippen LogP contribution in [0.25, 0.3) is 0 Å². The number of pyridine rings is 1. The van der Waals surface area contributed by atoms with Crippen LogP contribution >= 0.6 is 11.8 Å². The van der Waals surface area contributed by atoms with Crippen LogP contribution in [0, 0.1) is 5.92 Å². The Balaban J connectivity index is 1.06. The number of aromatic nitrogens is 3. The largest absolute Gasteiger partial charge is 0.416 e. The van der Waals surface area contributed by atoms with Crippen LogP contribution in [-0.4, -0.2) is 67.7 Å². The van der Waals surface area contributed by atoms with Gasteiger partial charge in [-0.05, 0) is 68.8 Å². The molecule has 10 heteroatoms. The molecule has 2 aliphatic heterocycles. The number of nitrogens with zero attached hydrogens (tertiary/aromatic N) is 4. The molecule has 2 aromatic heterocycles. The van der Waals surface area contributed by atoms with Crippen molar-refractivity contribution >= 4 is 29.4 Å². The number of aromatic amines is 1. The molecular formula is C30H38N6O3S. The molecule has 2 unspecified atom stereocenters. The monoisotopic (exact) mass is 562 g/mol. The SMILES string of the molecule is CC(Sc1ncc[nH]1)C1CCN(C(=O)Oc2ccc(NC(=O)c3ccc(CN4CCCCC4C)cc3)cn2)CC1. The number of hydrogen-bond donors (Lipinski definition) is 2. The molecule has 2 atom stereocenters. The zero-order chi connectivity index (χ0) is 27.9. The fraction of sp³-hybridized carbons (Fsp3) is 0.467. The van der Waals surface area contributed by atoms with E-state index in [4.69, 9.17) is 4.74 Å². The van der Waals surface area contributed by atoms with Gasteiger partial charge in [0.1, 0.15) is 0 Å². The van der Waals surface area contributed by atoms with Crippen molar-refractivity contribution in [2.24, 2.45) is 5.92 Å². The quantitative estimate of drug-likeness (QED) is 0.333. The number of anilines is 1. The first-order valence-corrected chi connectivity index (χ1v) is 15.1. The molecule has 0 radical (unpaired) electrons. The molecule has 2 N–H and O–H groups in total.